The second-order valence-corrected chi connectivity index (χ2v) is 15.3. The molecule has 0 radical (unpaired) electrons. The van der Waals surface area contributed by atoms with E-state index in [2.05, 4.69) is 176 Å². The number of fused-ring (bicyclic) bond motifs is 13. The van der Waals surface area contributed by atoms with Gasteiger partial charge in [0.25, 0.3) is 0 Å². The molecule has 0 atom stereocenters. The van der Waals surface area contributed by atoms with E-state index in [0.29, 0.717) is 0 Å². The van der Waals surface area contributed by atoms with Crippen molar-refractivity contribution in [3.63, 3.8) is 0 Å². The fourth-order valence-electron chi connectivity index (χ4n) is 8.66. The summed E-state index contributed by atoms with van der Waals surface area (Å²) >= 11 is 1.88. The van der Waals surface area contributed by atoms with Crippen LogP contribution in [0.3, 0.4) is 0 Å². The van der Waals surface area contributed by atoms with Gasteiger partial charge in [-0.1, -0.05) is 140 Å². The van der Waals surface area contributed by atoms with Gasteiger partial charge < -0.3 is 4.42 Å². The Balaban J connectivity index is 1.08. The van der Waals surface area contributed by atoms with Gasteiger partial charge in [-0.05, 0) is 74.6 Å². The van der Waals surface area contributed by atoms with Crippen molar-refractivity contribution in [2.75, 3.05) is 0 Å². The van der Waals surface area contributed by atoms with Crippen molar-refractivity contribution in [3.05, 3.63) is 176 Å². The average Bonchev–Trinajstić information content (AvgIpc) is 3.81. The van der Waals surface area contributed by atoms with E-state index >= 15 is 0 Å². The molecule has 0 aliphatic rings. The minimum atomic E-state index is 0.909. The van der Waals surface area contributed by atoms with Crippen LogP contribution in [0.1, 0.15) is 0 Å². The predicted octanol–water partition coefficient (Wildman–Crippen LogP) is 15.0. The van der Waals surface area contributed by atoms with Gasteiger partial charge in [0, 0.05) is 58.2 Å². The van der Waals surface area contributed by atoms with Crippen LogP contribution >= 0.6 is 11.3 Å². The number of rotatable bonds is 3. The molecule has 0 spiro atoms. The molecule has 12 aromatic rings. The smallest absolute Gasteiger partial charge is 0.143 e. The highest BCUT2D eigenvalue weighted by Gasteiger charge is 2.19. The fourth-order valence-corrected chi connectivity index (χ4v) is 9.92. The summed E-state index contributed by atoms with van der Waals surface area (Å²) in [7, 11) is 0. The van der Waals surface area contributed by atoms with E-state index in [1.54, 1.807) is 0 Å². The summed E-state index contributed by atoms with van der Waals surface area (Å²) in [6, 6.07) is 63.5. The van der Waals surface area contributed by atoms with Gasteiger partial charge in [-0.2, -0.15) is 0 Å². The SMILES string of the molecule is c1ccc(-c2nc3cc(-c4cccc(-c5cc6ccccc6c6c5oc5cc7ccccc7cc56)c4)ccc3c3c2ccc2c4ccccc4sc23)cc1. The van der Waals surface area contributed by atoms with Crippen LogP contribution in [0.25, 0.3) is 119 Å². The summed E-state index contributed by atoms with van der Waals surface area (Å²) in [6.07, 6.45) is 0. The highest BCUT2D eigenvalue weighted by Crippen LogP contribution is 2.45. The molecule has 0 unspecified atom stereocenters. The van der Waals surface area contributed by atoms with E-state index in [4.69, 9.17) is 9.40 Å². The summed E-state index contributed by atoms with van der Waals surface area (Å²) in [5.74, 6) is 0. The molecule has 0 fully saturated rings. The number of benzene rings is 9. The number of nitrogens with zero attached hydrogens (tertiary/aromatic N) is 1. The molecule has 9 aromatic carbocycles. The van der Waals surface area contributed by atoms with Crippen LogP contribution in [0.5, 0.6) is 0 Å². The molecule has 3 aromatic heterocycles. The molecular weight excluding hydrogens is 675 g/mol. The molecule has 2 nitrogen and oxygen atoms in total. The Hall–Kier alpha value is -6.81. The van der Waals surface area contributed by atoms with Gasteiger partial charge in [-0.3, -0.25) is 0 Å². The first-order valence-corrected chi connectivity index (χ1v) is 19.2. The van der Waals surface area contributed by atoms with Gasteiger partial charge in [0.15, 0.2) is 0 Å². The maximum atomic E-state index is 6.80. The molecule has 12 rings (SSSR count). The van der Waals surface area contributed by atoms with Gasteiger partial charge >= 0.3 is 0 Å². The van der Waals surface area contributed by atoms with Crippen molar-refractivity contribution >= 4 is 96.7 Å². The molecule has 0 aliphatic heterocycles. The molecular formula is C51H29NOS. The van der Waals surface area contributed by atoms with Gasteiger partial charge in [0.2, 0.25) is 0 Å². The predicted molar refractivity (Wildman–Crippen MR) is 231 cm³/mol. The largest absolute Gasteiger partial charge is 0.455 e. The maximum absolute atomic E-state index is 6.80. The lowest BCUT2D eigenvalue weighted by molar-refractivity contribution is 0.671. The van der Waals surface area contributed by atoms with Gasteiger partial charge in [0.1, 0.15) is 11.2 Å². The van der Waals surface area contributed by atoms with Crippen molar-refractivity contribution in [1.82, 2.24) is 4.98 Å². The van der Waals surface area contributed by atoms with Crippen LogP contribution in [0.15, 0.2) is 180 Å². The van der Waals surface area contributed by atoms with Crippen molar-refractivity contribution < 1.29 is 4.42 Å². The summed E-state index contributed by atoms with van der Waals surface area (Å²) in [6.45, 7) is 0. The Labute approximate surface area is 314 Å². The first-order valence-electron chi connectivity index (χ1n) is 18.4. The fraction of sp³-hybridized carbons (Fsp3) is 0. The van der Waals surface area contributed by atoms with Gasteiger partial charge in [0.05, 0.1) is 11.2 Å². The molecule has 0 amide bonds. The zero-order valence-corrected chi connectivity index (χ0v) is 29.8. The van der Waals surface area contributed by atoms with Crippen molar-refractivity contribution in [2.45, 2.75) is 0 Å². The van der Waals surface area contributed by atoms with Crippen molar-refractivity contribution in [1.29, 1.82) is 0 Å². The maximum Gasteiger partial charge on any atom is 0.143 e. The van der Waals surface area contributed by atoms with Gasteiger partial charge in [-0.25, -0.2) is 4.98 Å². The summed E-state index contributed by atoms with van der Waals surface area (Å²) in [5.41, 5.74) is 9.44. The zero-order chi connectivity index (χ0) is 35.3. The van der Waals surface area contributed by atoms with Crippen molar-refractivity contribution in [3.8, 4) is 33.5 Å². The second-order valence-electron chi connectivity index (χ2n) is 14.2. The standard InChI is InChI=1S/C51H29NOS/c1-2-11-30(12-3-1)49-41-24-23-39-38-19-8-9-20-46(38)54-51(39)48(41)40-22-21-34(28-44(40)52-49)31-16-10-17-35(25-31)42-27-36-15-6-7-18-37(36)47-43-26-32-13-4-5-14-33(32)29-45(43)53-50(42)47/h1-29H. The Morgan fingerprint density at radius 1 is 0.407 bits per heavy atom. The van der Waals surface area contributed by atoms with E-state index in [9.17, 15) is 0 Å². The van der Waals surface area contributed by atoms with Crippen LogP contribution < -0.4 is 0 Å². The van der Waals surface area contributed by atoms with Crippen LogP contribution in [0.4, 0.5) is 0 Å². The van der Waals surface area contributed by atoms with Crippen LogP contribution in [0.2, 0.25) is 0 Å². The highest BCUT2D eigenvalue weighted by molar-refractivity contribution is 7.26. The lowest BCUT2D eigenvalue weighted by Gasteiger charge is -2.13. The monoisotopic (exact) mass is 703 g/mol. The molecule has 0 saturated carbocycles. The molecule has 3 heteroatoms. The Bertz CT molecular complexity index is 3500. The van der Waals surface area contributed by atoms with Crippen LogP contribution in [-0.2, 0) is 0 Å². The summed E-state index contributed by atoms with van der Waals surface area (Å²) in [5, 5.41) is 13.3. The number of hydrogen-bond acceptors (Lipinski definition) is 3. The molecule has 0 N–H and O–H groups in total. The quantitative estimate of drug-likeness (QED) is 0.171. The Morgan fingerprint density at radius 2 is 1.09 bits per heavy atom. The third-order valence-corrected chi connectivity index (χ3v) is 12.4. The summed E-state index contributed by atoms with van der Waals surface area (Å²) in [4.78, 5) is 5.41. The molecule has 54 heavy (non-hydrogen) atoms. The van der Waals surface area contributed by atoms with Crippen LogP contribution in [-0.4, -0.2) is 4.98 Å². The number of aromatic nitrogens is 1. The normalized spacial score (nSPS) is 12.1. The Morgan fingerprint density at radius 3 is 1.98 bits per heavy atom. The van der Waals surface area contributed by atoms with E-state index in [0.717, 1.165) is 61.0 Å². The molecule has 0 bridgehead atoms. The van der Waals surface area contributed by atoms with Crippen LogP contribution in [0, 0.1) is 0 Å². The molecule has 0 saturated heterocycles. The van der Waals surface area contributed by atoms with E-state index in [-0.39, 0.29) is 0 Å². The first-order chi connectivity index (χ1) is 26.7. The zero-order valence-electron chi connectivity index (χ0n) is 29.0. The second kappa shape index (κ2) is 11.3. The van der Waals surface area contributed by atoms with E-state index < -0.39 is 0 Å². The number of furan rings is 1. The molecule has 3 heterocycles. The summed E-state index contributed by atoms with van der Waals surface area (Å²) < 4.78 is 9.42. The number of thiophene rings is 1. The van der Waals surface area contributed by atoms with E-state index in [1.165, 1.54) is 57.9 Å². The van der Waals surface area contributed by atoms with Crippen molar-refractivity contribution in [2.24, 2.45) is 0 Å². The third kappa shape index (κ3) is 4.36. The third-order valence-electron chi connectivity index (χ3n) is 11.2. The lowest BCUT2D eigenvalue weighted by Crippen LogP contribution is -1.91. The lowest BCUT2D eigenvalue weighted by atomic mass is 9.93. The minimum absolute atomic E-state index is 0.909. The van der Waals surface area contributed by atoms with Gasteiger partial charge in [-0.15, -0.1) is 11.3 Å². The number of hydrogen-bond donors (Lipinski definition) is 0. The molecule has 0 aliphatic carbocycles. The Kier molecular flexibility index (Phi) is 6.25. The molecule has 250 valence electrons. The minimum Gasteiger partial charge on any atom is -0.455 e. The number of pyridine rings is 1. The first kappa shape index (κ1) is 29.7. The average molecular weight is 704 g/mol. The highest BCUT2D eigenvalue weighted by atomic mass is 32.1. The topological polar surface area (TPSA) is 26.0 Å². The van der Waals surface area contributed by atoms with E-state index in [1.807, 2.05) is 11.3 Å².